The zero-order valence-corrected chi connectivity index (χ0v) is 10.2. The van der Waals surface area contributed by atoms with E-state index in [1.54, 1.807) is 4.90 Å². The van der Waals surface area contributed by atoms with Crippen LogP contribution in [0.4, 0.5) is 0 Å². The first kappa shape index (κ1) is 11.9. The van der Waals surface area contributed by atoms with Crippen LogP contribution in [0, 0.1) is 5.41 Å². The third kappa shape index (κ3) is 1.96. The molecule has 0 aromatic heterocycles. The molecule has 1 aliphatic heterocycles. The number of hydrogen-bond donors (Lipinski definition) is 2. The highest BCUT2D eigenvalue weighted by atomic mass is 16.3. The fourth-order valence-electron chi connectivity index (χ4n) is 2.99. The van der Waals surface area contributed by atoms with Gasteiger partial charge in [0.1, 0.15) is 0 Å². The Balaban J connectivity index is 2.03. The molecule has 1 saturated heterocycles. The van der Waals surface area contributed by atoms with E-state index in [4.69, 9.17) is 0 Å². The number of carbonyl (C=O) groups excluding carboxylic acids is 1. The van der Waals surface area contributed by atoms with Crippen molar-refractivity contribution in [3.8, 4) is 0 Å². The molecule has 0 unspecified atom stereocenters. The van der Waals surface area contributed by atoms with Gasteiger partial charge in [-0.3, -0.25) is 4.79 Å². The molecule has 2 aliphatic rings. The van der Waals surface area contributed by atoms with Crippen LogP contribution in [0.3, 0.4) is 0 Å². The Bertz CT molecular complexity index is 274. The Kier molecular flexibility index (Phi) is 3.22. The SMILES string of the molecule is CN(C(=O)C1(C)CCCC1)[C@H]1CNC[C@@H]1O. The van der Waals surface area contributed by atoms with Gasteiger partial charge in [0, 0.05) is 25.6 Å². The van der Waals surface area contributed by atoms with Gasteiger partial charge < -0.3 is 15.3 Å². The van der Waals surface area contributed by atoms with Gasteiger partial charge in [0.05, 0.1) is 12.1 Å². The van der Waals surface area contributed by atoms with Gasteiger partial charge in [0.2, 0.25) is 5.91 Å². The molecule has 92 valence electrons. The van der Waals surface area contributed by atoms with Crippen molar-refractivity contribution in [2.24, 2.45) is 5.41 Å². The fourth-order valence-corrected chi connectivity index (χ4v) is 2.99. The van der Waals surface area contributed by atoms with Crippen molar-refractivity contribution in [3.05, 3.63) is 0 Å². The van der Waals surface area contributed by atoms with Crippen LogP contribution in [-0.4, -0.2) is 48.2 Å². The van der Waals surface area contributed by atoms with Crippen molar-refractivity contribution in [1.29, 1.82) is 0 Å². The first-order chi connectivity index (χ1) is 7.54. The molecule has 16 heavy (non-hydrogen) atoms. The molecule has 0 radical (unpaired) electrons. The summed E-state index contributed by atoms with van der Waals surface area (Å²) >= 11 is 0. The second-order valence-corrected chi connectivity index (χ2v) is 5.48. The first-order valence-corrected chi connectivity index (χ1v) is 6.21. The highest BCUT2D eigenvalue weighted by Gasteiger charge is 2.41. The number of amides is 1. The van der Waals surface area contributed by atoms with Gasteiger partial charge in [-0.15, -0.1) is 0 Å². The van der Waals surface area contributed by atoms with Crippen LogP contribution in [0.15, 0.2) is 0 Å². The van der Waals surface area contributed by atoms with Crippen LogP contribution >= 0.6 is 0 Å². The summed E-state index contributed by atoms with van der Waals surface area (Å²) in [6.45, 7) is 3.37. The smallest absolute Gasteiger partial charge is 0.228 e. The summed E-state index contributed by atoms with van der Waals surface area (Å²) in [6.07, 6.45) is 3.88. The molecule has 0 bridgehead atoms. The van der Waals surface area contributed by atoms with Crippen molar-refractivity contribution >= 4 is 5.91 Å². The summed E-state index contributed by atoms with van der Waals surface area (Å²) in [5, 5.41) is 12.9. The highest BCUT2D eigenvalue weighted by molar-refractivity contribution is 5.82. The van der Waals surface area contributed by atoms with Crippen molar-refractivity contribution in [3.63, 3.8) is 0 Å². The van der Waals surface area contributed by atoms with E-state index in [0.717, 1.165) is 25.7 Å². The maximum absolute atomic E-state index is 12.4. The molecule has 2 fully saturated rings. The fraction of sp³-hybridized carbons (Fsp3) is 0.917. The first-order valence-electron chi connectivity index (χ1n) is 6.21. The van der Waals surface area contributed by atoms with Crippen molar-refractivity contribution < 1.29 is 9.90 Å². The third-order valence-corrected chi connectivity index (χ3v) is 4.19. The van der Waals surface area contributed by atoms with Crippen molar-refractivity contribution in [1.82, 2.24) is 10.2 Å². The molecule has 0 aromatic rings. The minimum absolute atomic E-state index is 0.0510. The molecule has 2 N–H and O–H groups in total. The number of likely N-dealkylation sites (N-methyl/N-ethyl adjacent to an activating group) is 1. The Morgan fingerprint density at radius 3 is 2.50 bits per heavy atom. The summed E-state index contributed by atoms with van der Waals surface area (Å²) in [5.41, 5.74) is -0.183. The van der Waals surface area contributed by atoms with E-state index < -0.39 is 6.10 Å². The lowest BCUT2D eigenvalue weighted by molar-refractivity contribution is -0.143. The molecule has 4 heteroatoms. The minimum Gasteiger partial charge on any atom is -0.390 e. The molecule has 1 amide bonds. The molecule has 1 aliphatic carbocycles. The van der Waals surface area contributed by atoms with Gasteiger partial charge in [0.15, 0.2) is 0 Å². The van der Waals surface area contributed by atoms with Gasteiger partial charge in [-0.05, 0) is 12.8 Å². The number of aliphatic hydroxyl groups excluding tert-OH is 1. The van der Waals surface area contributed by atoms with Crippen molar-refractivity contribution in [2.75, 3.05) is 20.1 Å². The average Bonchev–Trinajstić information content (AvgIpc) is 2.86. The number of β-amino-alcohol motifs (C(OH)–C–C–N with tert-alkyl or cyclic N) is 1. The Hall–Kier alpha value is -0.610. The summed E-state index contributed by atoms with van der Waals surface area (Å²) < 4.78 is 0. The van der Waals surface area contributed by atoms with Gasteiger partial charge in [0.25, 0.3) is 0 Å². The lowest BCUT2D eigenvalue weighted by Crippen LogP contribution is -2.49. The monoisotopic (exact) mass is 226 g/mol. The number of carbonyl (C=O) groups is 1. The van der Waals surface area contributed by atoms with Crippen LogP contribution in [0.1, 0.15) is 32.6 Å². The number of aliphatic hydroxyl groups is 1. The summed E-state index contributed by atoms with van der Waals surface area (Å²) in [7, 11) is 1.83. The zero-order valence-electron chi connectivity index (χ0n) is 10.2. The Morgan fingerprint density at radius 1 is 1.38 bits per heavy atom. The van der Waals surface area contributed by atoms with Gasteiger partial charge in [-0.2, -0.15) is 0 Å². The van der Waals surface area contributed by atoms with Crippen molar-refractivity contribution in [2.45, 2.75) is 44.8 Å². The largest absolute Gasteiger partial charge is 0.390 e. The molecule has 1 heterocycles. The van der Waals surface area contributed by atoms with Crippen LogP contribution in [-0.2, 0) is 4.79 Å². The molecular formula is C12H22N2O2. The van der Waals surface area contributed by atoms with E-state index in [1.807, 2.05) is 7.05 Å². The summed E-state index contributed by atoms with van der Waals surface area (Å²) in [4.78, 5) is 14.1. The van der Waals surface area contributed by atoms with E-state index in [9.17, 15) is 9.90 Å². The van der Waals surface area contributed by atoms with Crippen LogP contribution < -0.4 is 5.32 Å². The quantitative estimate of drug-likeness (QED) is 0.715. The average molecular weight is 226 g/mol. The van der Waals surface area contributed by atoms with Crippen LogP contribution in [0.2, 0.25) is 0 Å². The van der Waals surface area contributed by atoms with Gasteiger partial charge in [-0.1, -0.05) is 19.8 Å². The number of rotatable bonds is 2. The molecule has 0 spiro atoms. The molecular weight excluding hydrogens is 204 g/mol. The molecule has 1 saturated carbocycles. The third-order valence-electron chi connectivity index (χ3n) is 4.19. The minimum atomic E-state index is -0.418. The molecule has 2 atom stereocenters. The Morgan fingerprint density at radius 2 is 2.00 bits per heavy atom. The summed E-state index contributed by atoms with van der Waals surface area (Å²) in [6, 6.07) is -0.0510. The Labute approximate surface area is 97.0 Å². The predicted molar refractivity (Wildman–Crippen MR) is 62.0 cm³/mol. The number of nitrogens with one attached hydrogen (secondary N) is 1. The maximum atomic E-state index is 12.4. The van der Waals surface area contributed by atoms with Crippen LogP contribution in [0.25, 0.3) is 0 Å². The van der Waals surface area contributed by atoms with Gasteiger partial charge in [-0.25, -0.2) is 0 Å². The van der Waals surface area contributed by atoms with Crippen LogP contribution in [0.5, 0.6) is 0 Å². The number of hydrogen-bond acceptors (Lipinski definition) is 3. The second-order valence-electron chi connectivity index (χ2n) is 5.48. The van der Waals surface area contributed by atoms with E-state index in [-0.39, 0.29) is 17.4 Å². The van der Waals surface area contributed by atoms with Gasteiger partial charge >= 0.3 is 0 Å². The highest BCUT2D eigenvalue weighted by Crippen LogP contribution is 2.39. The predicted octanol–water partition coefficient (Wildman–Crippen LogP) is 0.358. The normalized spacial score (nSPS) is 32.9. The summed E-state index contributed by atoms with van der Waals surface area (Å²) in [5.74, 6) is 0.206. The second kappa shape index (κ2) is 4.34. The van der Waals surface area contributed by atoms with E-state index in [1.165, 1.54) is 0 Å². The van der Waals surface area contributed by atoms with E-state index in [0.29, 0.717) is 13.1 Å². The van der Waals surface area contributed by atoms with E-state index >= 15 is 0 Å². The zero-order chi connectivity index (χ0) is 11.8. The standard InChI is InChI=1S/C12H22N2O2/c1-12(5-3-4-6-12)11(16)14(2)9-7-13-8-10(9)15/h9-10,13,15H,3-8H2,1-2H3/t9-,10-/m0/s1. The van der Waals surface area contributed by atoms with E-state index in [2.05, 4.69) is 12.2 Å². The lowest BCUT2D eigenvalue weighted by Gasteiger charge is -2.33. The molecule has 4 nitrogen and oxygen atoms in total. The lowest BCUT2D eigenvalue weighted by atomic mass is 9.86. The molecule has 0 aromatic carbocycles. The topological polar surface area (TPSA) is 52.6 Å². The molecule has 2 rings (SSSR count). The maximum Gasteiger partial charge on any atom is 0.228 e. The number of nitrogens with zero attached hydrogens (tertiary/aromatic N) is 1.